The number of pyridine rings is 1. The first kappa shape index (κ1) is 20.7. The number of carboxylic acids is 1. The van der Waals surface area contributed by atoms with Gasteiger partial charge in [0.15, 0.2) is 17.3 Å². The van der Waals surface area contributed by atoms with Crippen molar-refractivity contribution >= 4 is 28.6 Å². The van der Waals surface area contributed by atoms with E-state index in [2.05, 4.69) is 20.3 Å². The van der Waals surface area contributed by atoms with Crippen LogP contribution in [0.4, 0.5) is 10.1 Å². The Hall–Kier alpha value is -4.60. The molecule has 2 heterocycles. The number of nitrogens with one attached hydrogen (secondary N) is 1. The molecule has 0 fully saturated rings. The minimum atomic E-state index is -1.19. The molecule has 0 radical (unpaired) electrons. The topological polar surface area (TPSA) is 124 Å². The average Bonchev–Trinajstić information content (AvgIpc) is 2.79. The molecule has 4 aromatic rings. The quantitative estimate of drug-likeness (QED) is 0.468. The maximum Gasteiger partial charge on any atom is 0.354 e. The van der Waals surface area contributed by atoms with Gasteiger partial charge in [0.2, 0.25) is 0 Å². The first-order valence-electron chi connectivity index (χ1n) is 9.23. The monoisotopic (exact) mass is 434 g/mol. The second-order valence-corrected chi connectivity index (χ2v) is 6.46. The van der Waals surface area contributed by atoms with Gasteiger partial charge >= 0.3 is 5.97 Å². The number of aromatic nitrogens is 3. The summed E-state index contributed by atoms with van der Waals surface area (Å²) in [5.74, 6) is -2.51. The first-order valence-corrected chi connectivity index (χ1v) is 9.23. The lowest BCUT2D eigenvalue weighted by Gasteiger charge is -2.12. The maximum absolute atomic E-state index is 14.1. The summed E-state index contributed by atoms with van der Waals surface area (Å²) in [7, 11) is 1.34. The Balaban J connectivity index is 1.69. The van der Waals surface area contributed by atoms with Crippen molar-refractivity contribution in [2.24, 2.45) is 0 Å². The molecule has 0 unspecified atom stereocenters. The van der Waals surface area contributed by atoms with Crippen molar-refractivity contribution in [1.82, 2.24) is 15.0 Å². The van der Waals surface area contributed by atoms with E-state index in [1.165, 1.54) is 37.6 Å². The Labute approximate surface area is 180 Å². The molecule has 32 heavy (non-hydrogen) atoms. The molecule has 0 aliphatic heterocycles. The lowest BCUT2D eigenvalue weighted by Crippen LogP contribution is -2.16. The summed E-state index contributed by atoms with van der Waals surface area (Å²) >= 11 is 0. The summed E-state index contributed by atoms with van der Waals surface area (Å²) in [6.07, 6.45) is 1.20. The minimum absolute atomic E-state index is 0.0391. The van der Waals surface area contributed by atoms with E-state index in [9.17, 15) is 14.0 Å². The van der Waals surface area contributed by atoms with Crippen molar-refractivity contribution in [2.45, 2.75) is 0 Å². The van der Waals surface area contributed by atoms with Crippen molar-refractivity contribution < 1.29 is 28.6 Å². The van der Waals surface area contributed by atoms with E-state index in [0.717, 1.165) is 6.07 Å². The number of carbonyl (C=O) groups is 2. The molecule has 1 amide bonds. The van der Waals surface area contributed by atoms with E-state index in [1.54, 1.807) is 24.3 Å². The molecule has 2 N–H and O–H groups in total. The van der Waals surface area contributed by atoms with Gasteiger partial charge in [-0.05, 0) is 36.4 Å². The summed E-state index contributed by atoms with van der Waals surface area (Å²) in [4.78, 5) is 36.3. The number of nitrogens with zero attached hydrogens (tertiary/aromatic N) is 3. The standard InChI is InChI=1S/C22H15FN4O5/c1-31-18-9-7-13(10-14(18)23)32-21-19(26-15-4-2-3-5-16(15)27-21)20(28)25-12-6-8-17(22(29)30)24-11-12/h2-11H,1H3,(H,25,28)(H,29,30). The van der Waals surface area contributed by atoms with Crippen LogP contribution in [0.2, 0.25) is 0 Å². The van der Waals surface area contributed by atoms with Crippen LogP contribution in [0.5, 0.6) is 17.4 Å². The number of benzene rings is 2. The number of amides is 1. The molecule has 0 saturated heterocycles. The third-order valence-electron chi connectivity index (χ3n) is 4.33. The number of ether oxygens (including phenoxy) is 2. The number of carbonyl (C=O) groups excluding carboxylic acids is 1. The molecule has 0 saturated carbocycles. The van der Waals surface area contributed by atoms with Crippen LogP contribution in [-0.4, -0.2) is 39.0 Å². The summed E-state index contributed by atoms with van der Waals surface area (Å²) in [5.41, 5.74) is 0.850. The molecule has 0 bridgehead atoms. The number of aromatic carboxylic acids is 1. The smallest absolute Gasteiger partial charge is 0.354 e. The highest BCUT2D eigenvalue weighted by Gasteiger charge is 2.20. The second-order valence-electron chi connectivity index (χ2n) is 6.46. The van der Waals surface area contributed by atoms with Crippen LogP contribution >= 0.6 is 0 Å². The number of methoxy groups -OCH3 is 1. The molecular formula is C22H15FN4O5. The number of anilines is 1. The number of rotatable bonds is 6. The minimum Gasteiger partial charge on any atom is -0.494 e. The van der Waals surface area contributed by atoms with Crippen LogP contribution in [-0.2, 0) is 0 Å². The first-order chi connectivity index (χ1) is 15.4. The maximum atomic E-state index is 14.1. The zero-order chi connectivity index (χ0) is 22.7. The summed E-state index contributed by atoms with van der Waals surface area (Å²) in [6.45, 7) is 0. The van der Waals surface area contributed by atoms with Crippen molar-refractivity contribution in [2.75, 3.05) is 12.4 Å². The van der Waals surface area contributed by atoms with E-state index >= 15 is 0 Å². The van der Waals surface area contributed by atoms with E-state index in [4.69, 9.17) is 14.6 Å². The molecule has 0 aliphatic rings. The van der Waals surface area contributed by atoms with E-state index in [0.29, 0.717) is 11.0 Å². The van der Waals surface area contributed by atoms with Crippen LogP contribution in [0, 0.1) is 5.82 Å². The lowest BCUT2D eigenvalue weighted by atomic mass is 10.2. The van der Waals surface area contributed by atoms with Gasteiger partial charge in [-0.3, -0.25) is 4.79 Å². The van der Waals surface area contributed by atoms with Crippen LogP contribution in [0.1, 0.15) is 21.0 Å². The van der Waals surface area contributed by atoms with Crippen molar-refractivity contribution in [3.05, 3.63) is 78.0 Å². The SMILES string of the molecule is COc1ccc(Oc2nc3ccccc3nc2C(=O)Nc2ccc(C(=O)O)nc2)cc1F. The summed E-state index contributed by atoms with van der Waals surface area (Å²) < 4.78 is 24.7. The zero-order valence-corrected chi connectivity index (χ0v) is 16.6. The number of hydrogen-bond donors (Lipinski definition) is 2. The van der Waals surface area contributed by atoms with Gasteiger partial charge in [-0.1, -0.05) is 12.1 Å². The van der Waals surface area contributed by atoms with Gasteiger partial charge in [0.25, 0.3) is 11.8 Å². The Morgan fingerprint density at radius 3 is 2.41 bits per heavy atom. The average molecular weight is 434 g/mol. The highest BCUT2D eigenvalue weighted by atomic mass is 19.1. The van der Waals surface area contributed by atoms with Gasteiger partial charge in [-0.25, -0.2) is 24.1 Å². The Morgan fingerprint density at radius 1 is 1.03 bits per heavy atom. The van der Waals surface area contributed by atoms with Gasteiger partial charge in [0, 0.05) is 6.07 Å². The van der Waals surface area contributed by atoms with E-state index in [-0.39, 0.29) is 34.5 Å². The highest BCUT2D eigenvalue weighted by Crippen LogP contribution is 2.29. The summed E-state index contributed by atoms with van der Waals surface area (Å²) in [6, 6.07) is 13.5. The molecule has 160 valence electrons. The van der Waals surface area contributed by atoms with Crippen molar-refractivity contribution in [1.29, 1.82) is 0 Å². The van der Waals surface area contributed by atoms with E-state index in [1.807, 2.05) is 0 Å². The third-order valence-corrected chi connectivity index (χ3v) is 4.33. The molecule has 0 spiro atoms. The third kappa shape index (κ3) is 4.29. The lowest BCUT2D eigenvalue weighted by molar-refractivity contribution is 0.0690. The number of para-hydroxylation sites is 2. The van der Waals surface area contributed by atoms with Gasteiger partial charge in [-0.15, -0.1) is 0 Å². The van der Waals surface area contributed by atoms with Gasteiger partial charge in [0.05, 0.1) is 30.0 Å². The Morgan fingerprint density at radius 2 is 1.78 bits per heavy atom. The fraction of sp³-hybridized carbons (Fsp3) is 0.0455. The van der Waals surface area contributed by atoms with Crippen LogP contribution in [0.15, 0.2) is 60.8 Å². The number of halogens is 1. The van der Waals surface area contributed by atoms with Crippen LogP contribution in [0.3, 0.4) is 0 Å². The van der Waals surface area contributed by atoms with Gasteiger partial charge in [-0.2, -0.15) is 0 Å². The molecular weight excluding hydrogens is 419 g/mol. The van der Waals surface area contributed by atoms with E-state index < -0.39 is 17.7 Å². The number of fused-ring (bicyclic) bond motifs is 1. The van der Waals surface area contributed by atoms with Crippen LogP contribution < -0.4 is 14.8 Å². The fourth-order valence-electron chi connectivity index (χ4n) is 2.81. The van der Waals surface area contributed by atoms with Crippen LogP contribution in [0.25, 0.3) is 11.0 Å². The number of hydrogen-bond acceptors (Lipinski definition) is 7. The largest absolute Gasteiger partial charge is 0.494 e. The van der Waals surface area contributed by atoms with Crippen molar-refractivity contribution in [3.8, 4) is 17.4 Å². The predicted octanol–water partition coefficient (Wildman–Crippen LogP) is 3.92. The normalized spacial score (nSPS) is 10.6. The molecule has 9 nitrogen and oxygen atoms in total. The molecule has 2 aromatic carbocycles. The summed E-state index contributed by atoms with van der Waals surface area (Å²) in [5, 5.41) is 11.5. The van der Waals surface area contributed by atoms with Gasteiger partial charge < -0.3 is 19.9 Å². The zero-order valence-electron chi connectivity index (χ0n) is 16.6. The van der Waals surface area contributed by atoms with Gasteiger partial charge in [0.1, 0.15) is 11.4 Å². The van der Waals surface area contributed by atoms with Crippen molar-refractivity contribution in [3.63, 3.8) is 0 Å². The molecule has 0 atom stereocenters. The molecule has 4 rings (SSSR count). The molecule has 0 aliphatic carbocycles. The fourth-order valence-corrected chi connectivity index (χ4v) is 2.81. The molecule has 2 aromatic heterocycles. The number of carboxylic acid groups (broad SMARTS) is 1. The molecule has 10 heteroatoms. The second kappa shape index (κ2) is 8.64. The highest BCUT2D eigenvalue weighted by molar-refractivity contribution is 6.05. The Kier molecular flexibility index (Phi) is 5.58. The predicted molar refractivity (Wildman–Crippen MR) is 112 cm³/mol. The Bertz CT molecular complexity index is 1330.